The largest absolute Gasteiger partial charge is 0.502 e. The fourth-order valence-corrected chi connectivity index (χ4v) is 3.25. The Bertz CT molecular complexity index is 1100. The quantitative estimate of drug-likeness (QED) is 0.580. The van der Waals surface area contributed by atoms with Crippen molar-refractivity contribution in [3.63, 3.8) is 0 Å². The van der Waals surface area contributed by atoms with Crippen molar-refractivity contribution in [1.82, 2.24) is 0 Å². The number of phenols is 1. The normalized spacial score (nSPS) is 12.1. The highest BCUT2D eigenvalue weighted by Gasteiger charge is 2.25. The number of nitrogens with one attached hydrogen (secondary N) is 3. The molecule has 0 bridgehead atoms. The molecular formula is C22H20FN3O+2. The molecule has 2 aromatic heterocycles. The Balaban J connectivity index is 1.84. The molecule has 0 radical (unpaired) electrons. The predicted molar refractivity (Wildman–Crippen MR) is 102 cm³/mol. The van der Waals surface area contributed by atoms with Crippen molar-refractivity contribution in [2.45, 2.75) is 13.0 Å². The number of benzene rings is 2. The van der Waals surface area contributed by atoms with E-state index >= 15 is 0 Å². The summed E-state index contributed by atoms with van der Waals surface area (Å²) in [6.07, 6.45) is 1.78. The second-order valence-corrected chi connectivity index (χ2v) is 6.51. The topological polar surface area (TPSA) is 60.5 Å². The standard InChI is InChI=1S/C22H18FN3O/c1-14-4-2-6-19(25-14)26-20(16-7-10-17(23)11-8-16)18-12-9-15-5-3-13-24-21(15)22(18)27/h2-13,20,27H,1H3,(H,25,26)/p+2. The molecule has 4 aromatic rings. The first-order valence-corrected chi connectivity index (χ1v) is 8.75. The number of H-pyrrole nitrogens is 2. The molecule has 4 N–H and O–H groups in total. The van der Waals surface area contributed by atoms with Gasteiger partial charge in [-0.15, -0.1) is 0 Å². The van der Waals surface area contributed by atoms with Gasteiger partial charge in [-0.1, -0.05) is 18.2 Å². The van der Waals surface area contributed by atoms with Gasteiger partial charge < -0.3 is 5.11 Å². The number of rotatable bonds is 4. The van der Waals surface area contributed by atoms with E-state index in [-0.39, 0.29) is 17.6 Å². The number of aryl methyl sites for hydroxylation is 1. The van der Waals surface area contributed by atoms with E-state index in [2.05, 4.69) is 15.3 Å². The molecule has 0 amide bonds. The molecule has 0 saturated carbocycles. The van der Waals surface area contributed by atoms with Gasteiger partial charge in [0.2, 0.25) is 0 Å². The highest BCUT2D eigenvalue weighted by Crippen LogP contribution is 2.35. The van der Waals surface area contributed by atoms with Gasteiger partial charge in [0.1, 0.15) is 11.9 Å². The highest BCUT2D eigenvalue weighted by atomic mass is 19.1. The highest BCUT2D eigenvalue weighted by molar-refractivity contribution is 5.83. The maximum absolute atomic E-state index is 13.4. The van der Waals surface area contributed by atoms with Crippen LogP contribution >= 0.6 is 0 Å². The number of phenolic OH excluding ortho intramolecular Hbond substituents is 1. The summed E-state index contributed by atoms with van der Waals surface area (Å²) in [5, 5.41) is 15.3. The summed E-state index contributed by atoms with van der Waals surface area (Å²) in [6, 6.07) is 19.5. The van der Waals surface area contributed by atoms with Gasteiger partial charge in [-0.3, -0.25) is 5.32 Å². The van der Waals surface area contributed by atoms with Crippen LogP contribution in [0.4, 0.5) is 10.2 Å². The van der Waals surface area contributed by atoms with E-state index in [1.54, 1.807) is 18.3 Å². The fraction of sp³-hybridized carbons (Fsp3) is 0.0909. The number of fused-ring (bicyclic) bond motifs is 1. The van der Waals surface area contributed by atoms with Crippen molar-refractivity contribution in [3.05, 3.63) is 95.6 Å². The minimum atomic E-state index is -0.360. The van der Waals surface area contributed by atoms with Crippen LogP contribution in [0.3, 0.4) is 0 Å². The monoisotopic (exact) mass is 361 g/mol. The van der Waals surface area contributed by atoms with Crippen LogP contribution in [0.15, 0.2) is 72.9 Å². The third-order valence-corrected chi connectivity index (χ3v) is 4.60. The van der Waals surface area contributed by atoms with E-state index in [0.29, 0.717) is 11.1 Å². The zero-order valence-corrected chi connectivity index (χ0v) is 14.8. The zero-order chi connectivity index (χ0) is 18.8. The molecule has 27 heavy (non-hydrogen) atoms. The number of aromatic hydroxyl groups is 1. The van der Waals surface area contributed by atoms with Crippen molar-refractivity contribution in [2.75, 3.05) is 5.32 Å². The number of hydrogen-bond donors (Lipinski definition) is 2. The van der Waals surface area contributed by atoms with Crippen LogP contribution < -0.4 is 15.3 Å². The van der Waals surface area contributed by atoms with Gasteiger partial charge in [0.15, 0.2) is 11.9 Å². The second-order valence-electron chi connectivity index (χ2n) is 6.51. The molecule has 134 valence electrons. The van der Waals surface area contributed by atoms with Gasteiger partial charge in [0.05, 0.1) is 11.1 Å². The van der Waals surface area contributed by atoms with Gasteiger partial charge in [0, 0.05) is 23.3 Å². The van der Waals surface area contributed by atoms with Crippen LogP contribution in [0.25, 0.3) is 10.9 Å². The van der Waals surface area contributed by atoms with E-state index in [1.807, 2.05) is 49.4 Å². The lowest BCUT2D eigenvalue weighted by Gasteiger charge is -2.17. The molecule has 2 heterocycles. The summed E-state index contributed by atoms with van der Waals surface area (Å²) in [5.41, 5.74) is 3.22. The van der Waals surface area contributed by atoms with Gasteiger partial charge in [0.25, 0.3) is 11.3 Å². The van der Waals surface area contributed by atoms with Gasteiger partial charge in [-0.05, 0) is 43.3 Å². The molecule has 0 aliphatic rings. The lowest BCUT2D eigenvalue weighted by molar-refractivity contribution is -0.371. The third kappa shape index (κ3) is 3.44. The van der Waals surface area contributed by atoms with E-state index in [1.165, 1.54) is 12.1 Å². The molecule has 4 rings (SSSR count). The van der Waals surface area contributed by atoms with E-state index in [0.717, 1.165) is 22.5 Å². The number of hydrogen-bond acceptors (Lipinski definition) is 2. The lowest BCUT2D eigenvalue weighted by atomic mass is 9.96. The van der Waals surface area contributed by atoms with Crippen LogP contribution in [-0.2, 0) is 0 Å². The van der Waals surface area contributed by atoms with E-state index < -0.39 is 0 Å². The minimum absolute atomic E-state index is 0.169. The fourth-order valence-electron chi connectivity index (χ4n) is 3.25. The van der Waals surface area contributed by atoms with Crippen molar-refractivity contribution < 1.29 is 19.5 Å². The maximum Gasteiger partial charge on any atom is 0.273 e. The van der Waals surface area contributed by atoms with Crippen LogP contribution in [-0.4, -0.2) is 5.11 Å². The first-order chi connectivity index (χ1) is 13.1. The first-order valence-electron chi connectivity index (χ1n) is 8.75. The average molecular weight is 361 g/mol. The maximum atomic E-state index is 13.4. The Morgan fingerprint density at radius 2 is 1.78 bits per heavy atom. The predicted octanol–water partition coefficient (Wildman–Crippen LogP) is 3.82. The minimum Gasteiger partial charge on any atom is -0.502 e. The number of pyridine rings is 2. The van der Waals surface area contributed by atoms with E-state index in [9.17, 15) is 9.50 Å². The van der Waals surface area contributed by atoms with Crippen LogP contribution in [0, 0.1) is 12.7 Å². The SMILES string of the molecule is Cc1cccc(NC(c2ccc(F)cc2)c2ccc3ccc[nH+]c3c2O)[nH+]1. The number of aromatic nitrogens is 2. The molecule has 0 saturated heterocycles. The van der Waals surface area contributed by atoms with Crippen molar-refractivity contribution in [2.24, 2.45) is 0 Å². The molecule has 0 aliphatic heterocycles. The number of aromatic amines is 2. The van der Waals surface area contributed by atoms with Gasteiger partial charge >= 0.3 is 0 Å². The molecule has 5 heteroatoms. The van der Waals surface area contributed by atoms with Crippen LogP contribution in [0.5, 0.6) is 5.75 Å². The Morgan fingerprint density at radius 1 is 0.963 bits per heavy atom. The summed E-state index contributed by atoms with van der Waals surface area (Å²) in [5.74, 6) is 0.680. The average Bonchev–Trinajstić information content (AvgIpc) is 2.68. The van der Waals surface area contributed by atoms with Crippen molar-refractivity contribution in [3.8, 4) is 5.75 Å². The molecule has 0 aliphatic carbocycles. The Labute approximate surface area is 156 Å². The molecule has 0 fully saturated rings. The molecule has 2 aromatic carbocycles. The molecule has 4 nitrogen and oxygen atoms in total. The molecular weight excluding hydrogens is 341 g/mol. The summed E-state index contributed by atoms with van der Waals surface area (Å²) in [6.45, 7) is 1.97. The number of anilines is 1. The zero-order valence-electron chi connectivity index (χ0n) is 14.8. The van der Waals surface area contributed by atoms with E-state index in [4.69, 9.17) is 0 Å². The second kappa shape index (κ2) is 7.03. The summed E-state index contributed by atoms with van der Waals surface area (Å²) in [7, 11) is 0. The van der Waals surface area contributed by atoms with Crippen molar-refractivity contribution in [1.29, 1.82) is 0 Å². The Morgan fingerprint density at radius 3 is 2.56 bits per heavy atom. The number of halogens is 1. The van der Waals surface area contributed by atoms with Gasteiger partial charge in [-0.2, -0.15) is 0 Å². The Kier molecular flexibility index (Phi) is 4.42. The van der Waals surface area contributed by atoms with Crippen LogP contribution in [0.1, 0.15) is 22.9 Å². The summed E-state index contributed by atoms with van der Waals surface area (Å²) in [4.78, 5) is 6.37. The van der Waals surface area contributed by atoms with Crippen LogP contribution in [0.2, 0.25) is 0 Å². The molecule has 1 atom stereocenters. The smallest absolute Gasteiger partial charge is 0.273 e. The van der Waals surface area contributed by atoms with Crippen molar-refractivity contribution >= 4 is 16.7 Å². The molecule has 1 unspecified atom stereocenters. The summed E-state index contributed by atoms with van der Waals surface area (Å²) < 4.78 is 13.4. The third-order valence-electron chi connectivity index (χ3n) is 4.60. The summed E-state index contributed by atoms with van der Waals surface area (Å²) >= 11 is 0. The Hall–Kier alpha value is -3.47. The van der Waals surface area contributed by atoms with Gasteiger partial charge in [-0.25, -0.2) is 14.4 Å². The molecule has 0 spiro atoms. The lowest BCUT2D eigenvalue weighted by Crippen LogP contribution is -2.21. The first kappa shape index (κ1) is 17.0.